The van der Waals surface area contributed by atoms with Crippen LogP contribution < -0.4 is 4.90 Å². The van der Waals surface area contributed by atoms with Gasteiger partial charge in [-0.25, -0.2) is 0 Å². The molecule has 0 N–H and O–H groups in total. The number of benzene rings is 1. The number of hydrogen-bond donors (Lipinski definition) is 0. The van der Waals surface area contributed by atoms with Crippen LogP contribution in [-0.4, -0.2) is 37.1 Å². The van der Waals surface area contributed by atoms with Gasteiger partial charge in [0.05, 0.1) is 0 Å². The first-order valence-electron chi connectivity index (χ1n) is 7.42. The molecule has 2 fully saturated rings. The quantitative estimate of drug-likeness (QED) is 0.768. The molecule has 1 atom stereocenters. The molecule has 1 aromatic carbocycles. The lowest BCUT2D eigenvalue weighted by atomic mass is 9.99. The molecule has 0 amide bonds. The molecule has 1 aromatic rings. The first-order valence-corrected chi connectivity index (χ1v) is 8.54. The second kappa shape index (κ2) is 5.84. The van der Waals surface area contributed by atoms with E-state index >= 15 is 0 Å². The van der Waals surface area contributed by atoms with Crippen molar-refractivity contribution in [2.75, 3.05) is 31.1 Å². The van der Waals surface area contributed by atoms with Crippen molar-refractivity contribution in [3.63, 3.8) is 0 Å². The number of piperidine rings is 1. The Labute approximate surface area is 124 Å². The van der Waals surface area contributed by atoms with Crippen LogP contribution in [0.1, 0.15) is 30.4 Å². The summed E-state index contributed by atoms with van der Waals surface area (Å²) in [5.41, 5.74) is 4.22. The van der Waals surface area contributed by atoms with Crippen LogP contribution in [0.15, 0.2) is 18.2 Å². The lowest BCUT2D eigenvalue weighted by molar-refractivity contribution is 0.133. The van der Waals surface area contributed by atoms with Gasteiger partial charge in [-0.15, -0.1) is 0 Å². The summed E-state index contributed by atoms with van der Waals surface area (Å²) < 4.78 is 0. The van der Waals surface area contributed by atoms with E-state index < -0.39 is 0 Å². The fourth-order valence-corrected chi connectivity index (χ4v) is 4.05. The summed E-state index contributed by atoms with van der Waals surface area (Å²) in [6.45, 7) is 7.18. The van der Waals surface area contributed by atoms with Gasteiger partial charge in [0.15, 0.2) is 0 Å². The summed E-state index contributed by atoms with van der Waals surface area (Å²) >= 11 is 3.55. The fourth-order valence-electron chi connectivity index (χ4n) is 3.42. The molecule has 19 heavy (non-hydrogen) atoms. The third kappa shape index (κ3) is 2.82. The highest BCUT2D eigenvalue weighted by atomic mass is 79.9. The van der Waals surface area contributed by atoms with Gasteiger partial charge in [0.25, 0.3) is 0 Å². The van der Waals surface area contributed by atoms with Gasteiger partial charge in [-0.2, -0.15) is 0 Å². The molecule has 3 heteroatoms. The topological polar surface area (TPSA) is 6.48 Å². The molecule has 2 nitrogen and oxygen atoms in total. The van der Waals surface area contributed by atoms with Gasteiger partial charge < -0.3 is 4.90 Å². The van der Waals surface area contributed by atoms with E-state index in [1.807, 2.05) is 0 Å². The average Bonchev–Trinajstić information content (AvgIpc) is 2.46. The minimum Gasteiger partial charge on any atom is -0.369 e. The maximum atomic E-state index is 3.55. The number of nitrogens with zero attached hydrogens (tertiary/aromatic N) is 2. The summed E-state index contributed by atoms with van der Waals surface area (Å²) in [4.78, 5) is 5.28. The zero-order valence-electron chi connectivity index (χ0n) is 11.7. The highest BCUT2D eigenvalue weighted by molar-refractivity contribution is 9.08. The Morgan fingerprint density at radius 2 is 2.11 bits per heavy atom. The van der Waals surface area contributed by atoms with E-state index in [2.05, 4.69) is 50.9 Å². The van der Waals surface area contributed by atoms with E-state index in [9.17, 15) is 0 Å². The van der Waals surface area contributed by atoms with Gasteiger partial charge in [-0.05, 0) is 49.6 Å². The SMILES string of the molecule is Cc1cc(N2CCN3CCCCC3C2)ccc1CBr. The van der Waals surface area contributed by atoms with Crippen LogP contribution in [0.3, 0.4) is 0 Å². The van der Waals surface area contributed by atoms with Crippen molar-refractivity contribution < 1.29 is 0 Å². The molecule has 2 aliphatic rings. The normalized spacial score (nSPS) is 24.3. The van der Waals surface area contributed by atoms with Crippen molar-refractivity contribution in [1.82, 2.24) is 4.90 Å². The largest absolute Gasteiger partial charge is 0.369 e. The number of aryl methyl sites for hydroxylation is 1. The minimum atomic E-state index is 0.790. The van der Waals surface area contributed by atoms with E-state index in [-0.39, 0.29) is 0 Å². The lowest BCUT2D eigenvalue weighted by Crippen LogP contribution is -2.54. The van der Waals surface area contributed by atoms with E-state index in [0.717, 1.165) is 11.4 Å². The molecule has 0 spiro atoms. The van der Waals surface area contributed by atoms with Crippen LogP contribution >= 0.6 is 15.9 Å². The number of hydrogen-bond acceptors (Lipinski definition) is 2. The highest BCUT2D eigenvalue weighted by Crippen LogP contribution is 2.26. The highest BCUT2D eigenvalue weighted by Gasteiger charge is 2.28. The van der Waals surface area contributed by atoms with Crippen molar-refractivity contribution in [1.29, 1.82) is 0 Å². The average molecular weight is 323 g/mol. The predicted octanol–water partition coefficient (Wildman–Crippen LogP) is 3.56. The molecule has 0 aromatic heterocycles. The third-order valence-corrected chi connectivity index (χ3v) is 5.28. The molecule has 0 saturated carbocycles. The van der Waals surface area contributed by atoms with Crippen molar-refractivity contribution in [3.8, 4) is 0 Å². The predicted molar refractivity (Wildman–Crippen MR) is 85.2 cm³/mol. The van der Waals surface area contributed by atoms with E-state index in [1.165, 1.54) is 62.3 Å². The molecule has 0 bridgehead atoms. The number of fused-ring (bicyclic) bond motifs is 1. The van der Waals surface area contributed by atoms with Crippen LogP contribution in [0, 0.1) is 6.92 Å². The van der Waals surface area contributed by atoms with E-state index in [0.29, 0.717) is 0 Å². The minimum absolute atomic E-state index is 0.790. The van der Waals surface area contributed by atoms with Crippen LogP contribution in [0.5, 0.6) is 0 Å². The van der Waals surface area contributed by atoms with Crippen molar-refractivity contribution in [2.24, 2.45) is 0 Å². The number of alkyl halides is 1. The number of halogens is 1. The van der Waals surface area contributed by atoms with Crippen LogP contribution in [0.4, 0.5) is 5.69 Å². The second-order valence-corrected chi connectivity index (χ2v) is 6.44. The Morgan fingerprint density at radius 1 is 1.21 bits per heavy atom. The molecule has 1 unspecified atom stereocenters. The van der Waals surface area contributed by atoms with Crippen LogP contribution in [0.25, 0.3) is 0 Å². The number of anilines is 1. The first kappa shape index (κ1) is 13.4. The first-order chi connectivity index (χ1) is 9.28. The van der Waals surface area contributed by atoms with Gasteiger partial charge in [-0.3, -0.25) is 4.90 Å². The van der Waals surface area contributed by atoms with Crippen LogP contribution in [0.2, 0.25) is 0 Å². The van der Waals surface area contributed by atoms with Crippen molar-refractivity contribution in [2.45, 2.75) is 37.6 Å². The molecule has 2 saturated heterocycles. The van der Waals surface area contributed by atoms with Gasteiger partial charge in [0, 0.05) is 36.7 Å². The zero-order valence-corrected chi connectivity index (χ0v) is 13.3. The molecule has 3 rings (SSSR count). The smallest absolute Gasteiger partial charge is 0.0370 e. The molecule has 104 valence electrons. The third-order valence-electron chi connectivity index (χ3n) is 4.67. The zero-order chi connectivity index (χ0) is 13.2. The van der Waals surface area contributed by atoms with Gasteiger partial charge >= 0.3 is 0 Å². The van der Waals surface area contributed by atoms with E-state index in [1.54, 1.807) is 0 Å². The standard InChI is InChI=1S/C16H23BrN2/c1-13-10-15(6-5-14(13)11-17)19-9-8-18-7-3-2-4-16(18)12-19/h5-6,10,16H,2-4,7-9,11-12H2,1H3. The summed E-state index contributed by atoms with van der Waals surface area (Å²) in [5, 5.41) is 0.954. The Hall–Kier alpha value is -0.540. The maximum absolute atomic E-state index is 3.55. The number of piperazine rings is 1. The van der Waals surface area contributed by atoms with Crippen molar-refractivity contribution in [3.05, 3.63) is 29.3 Å². The Morgan fingerprint density at radius 3 is 2.89 bits per heavy atom. The summed E-state index contributed by atoms with van der Waals surface area (Å²) in [7, 11) is 0. The molecular formula is C16H23BrN2. The van der Waals surface area contributed by atoms with E-state index in [4.69, 9.17) is 0 Å². The molecule has 2 heterocycles. The molecule has 0 aliphatic carbocycles. The lowest BCUT2D eigenvalue weighted by Gasteiger charge is -2.45. The number of rotatable bonds is 2. The molecule has 2 aliphatic heterocycles. The second-order valence-electron chi connectivity index (χ2n) is 5.88. The maximum Gasteiger partial charge on any atom is 0.0370 e. The Kier molecular flexibility index (Phi) is 4.13. The van der Waals surface area contributed by atoms with Crippen LogP contribution in [-0.2, 0) is 5.33 Å². The molecular weight excluding hydrogens is 300 g/mol. The molecule has 0 radical (unpaired) electrons. The summed E-state index contributed by atoms with van der Waals surface area (Å²) in [5.74, 6) is 0. The van der Waals surface area contributed by atoms with Crippen molar-refractivity contribution >= 4 is 21.6 Å². The summed E-state index contributed by atoms with van der Waals surface area (Å²) in [6.07, 6.45) is 4.20. The summed E-state index contributed by atoms with van der Waals surface area (Å²) in [6, 6.07) is 7.71. The van der Waals surface area contributed by atoms with Gasteiger partial charge in [0.1, 0.15) is 0 Å². The fraction of sp³-hybridized carbons (Fsp3) is 0.625. The Bertz CT molecular complexity index is 446. The Balaban J connectivity index is 1.74. The van der Waals surface area contributed by atoms with Gasteiger partial charge in [-0.1, -0.05) is 28.4 Å². The monoisotopic (exact) mass is 322 g/mol. The van der Waals surface area contributed by atoms with Gasteiger partial charge in [0.2, 0.25) is 0 Å².